The van der Waals surface area contributed by atoms with Crippen LogP contribution < -0.4 is 4.90 Å². The lowest BCUT2D eigenvalue weighted by atomic mass is 9.78. The molecule has 0 bridgehead atoms. The van der Waals surface area contributed by atoms with Crippen molar-refractivity contribution in [2.75, 3.05) is 4.90 Å². The second kappa shape index (κ2) is 13.5. The van der Waals surface area contributed by atoms with Crippen LogP contribution in [0.1, 0.15) is 48.7 Å². The van der Waals surface area contributed by atoms with Crippen molar-refractivity contribution < 1.29 is 0 Å². The third-order valence-corrected chi connectivity index (χ3v) is 12.2. The molecule has 7 aromatic carbocycles. The van der Waals surface area contributed by atoms with E-state index in [1.165, 1.54) is 61.5 Å². The number of allylic oxidation sites excluding steroid dienone is 4. The largest absolute Gasteiger partial charge is 0.313 e. The topological polar surface area (TPSA) is 41.9 Å². The molecule has 4 heteroatoms. The molecule has 11 rings (SSSR count). The fourth-order valence-electron chi connectivity index (χ4n) is 9.49. The minimum Gasteiger partial charge on any atom is -0.313 e. The Morgan fingerprint density at radius 3 is 1.79 bits per heavy atom. The molecule has 2 heterocycles. The van der Waals surface area contributed by atoms with Gasteiger partial charge in [-0.05, 0) is 92.4 Å². The van der Waals surface area contributed by atoms with Crippen LogP contribution in [-0.2, 0) is 5.41 Å². The average molecular weight is 745 g/mol. The first-order valence-electron chi connectivity index (χ1n) is 20.1. The maximum absolute atomic E-state index is 5.15. The number of benzene rings is 7. The first kappa shape index (κ1) is 34.1. The molecule has 3 aliphatic rings. The van der Waals surface area contributed by atoms with Crippen molar-refractivity contribution in [1.29, 1.82) is 0 Å². The zero-order valence-electron chi connectivity index (χ0n) is 32.5. The SMILES string of the molecule is CC1(C)c2ccccc2-c2cccc(-c3ccc4c(c3)C3CC(c5nc(-c6ccccc6)nc(-c6ccccc6)n5)=CC=C3N4c3cccc(-c4ccccc4)c3)c21. The number of hydrogen-bond donors (Lipinski definition) is 0. The molecular formula is C54H40N4. The number of fused-ring (bicyclic) bond motifs is 6. The highest BCUT2D eigenvalue weighted by Gasteiger charge is 2.40. The van der Waals surface area contributed by atoms with E-state index in [2.05, 4.69) is 170 Å². The van der Waals surface area contributed by atoms with E-state index < -0.39 is 0 Å². The molecule has 0 amide bonds. The Bertz CT molecular complexity index is 2890. The van der Waals surface area contributed by atoms with E-state index in [0.717, 1.165) is 28.8 Å². The second-order valence-corrected chi connectivity index (χ2v) is 16.0. The molecule has 0 saturated carbocycles. The Hall–Kier alpha value is -7.17. The number of aromatic nitrogens is 3. The molecule has 2 aliphatic carbocycles. The van der Waals surface area contributed by atoms with Crippen LogP contribution in [-0.4, -0.2) is 15.0 Å². The van der Waals surface area contributed by atoms with Crippen molar-refractivity contribution in [2.24, 2.45) is 0 Å². The molecule has 0 radical (unpaired) electrons. The maximum Gasteiger partial charge on any atom is 0.164 e. The molecule has 0 N–H and O–H groups in total. The monoisotopic (exact) mass is 744 g/mol. The molecule has 0 fully saturated rings. The molecule has 8 aromatic rings. The number of anilines is 2. The molecule has 1 aliphatic heterocycles. The van der Waals surface area contributed by atoms with Gasteiger partial charge in [0.1, 0.15) is 0 Å². The van der Waals surface area contributed by atoms with Gasteiger partial charge in [-0.1, -0.05) is 172 Å². The van der Waals surface area contributed by atoms with E-state index in [0.29, 0.717) is 17.5 Å². The summed E-state index contributed by atoms with van der Waals surface area (Å²) in [5, 5.41) is 0. The summed E-state index contributed by atoms with van der Waals surface area (Å²) in [6, 6.07) is 62.9. The third kappa shape index (κ3) is 5.55. The quantitative estimate of drug-likeness (QED) is 0.170. The van der Waals surface area contributed by atoms with Crippen molar-refractivity contribution in [2.45, 2.75) is 31.6 Å². The smallest absolute Gasteiger partial charge is 0.164 e. The second-order valence-electron chi connectivity index (χ2n) is 16.0. The van der Waals surface area contributed by atoms with Gasteiger partial charge in [0.25, 0.3) is 0 Å². The van der Waals surface area contributed by atoms with Gasteiger partial charge in [-0.2, -0.15) is 0 Å². The number of nitrogens with zero attached hydrogens (tertiary/aromatic N) is 4. The summed E-state index contributed by atoms with van der Waals surface area (Å²) < 4.78 is 0. The van der Waals surface area contributed by atoms with Crippen LogP contribution in [0.25, 0.3) is 61.7 Å². The highest BCUT2D eigenvalue weighted by atomic mass is 15.2. The summed E-state index contributed by atoms with van der Waals surface area (Å²) >= 11 is 0. The van der Waals surface area contributed by atoms with Gasteiger partial charge in [0.15, 0.2) is 17.5 Å². The van der Waals surface area contributed by atoms with Crippen LogP contribution in [0.4, 0.5) is 11.4 Å². The van der Waals surface area contributed by atoms with Crippen LogP contribution in [0.2, 0.25) is 0 Å². The molecule has 4 nitrogen and oxygen atoms in total. The molecule has 58 heavy (non-hydrogen) atoms. The summed E-state index contributed by atoms with van der Waals surface area (Å²) in [7, 11) is 0. The summed E-state index contributed by atoms with van der Waals surface area (Å²) in [5.41, 5.74) is 18.2. The first-order chi connectivity index (χ1) is 28.5. The van der Waals surface area contributed by atoms with Crippen molar-refractivity contribution >= 4 is 16.9 Å². The Morgan fingerprint density at radius 1 is 0.483 bits per heavy atom. The zero-order chi connectivity index (χ0) is 38.8. The van der Waals surface area contributed by atoms with Crippen molar-refractivity contribution in [3.63, 3.8) is 0 Å². The Labute approximate surface area is 339 Å². The normalized spacial score (nSPS) is 15.8. The lowest BCUT2D eigenvalue weighted by molar-refractivity contribution is 0.662. The molecule has 1 unspecified atom stereocenters. The van der Waals surface area contributed by atoms with Crippen LogP contribution in [0, 0.1) is 0 Å². The van der Waals surface area contributed by atoms with Gasteiger partial charge in [0, 0.05) is 39.5 Å². The first-order valence-corrected chi connectivity index (χ1v) is 20.1. The third-order valence-electron chi connectivity index (χ3n) is 12.2. The summed E-state index contributed by atoms with van der Waals surface area (Å²) in [5.74, 6) is 2.16. The molecule has 1 aromatic heterocycles. The predicted molar refractivity (Wildman–Crippen MR) is 238 cm³/mol. The Balaban J connectivity index is 1.07. The summed E-state index contributed by atoms with van der Waals surface area (Å²) in [6.07, 6.45) is 5.29. The Kier molecular flexibility index (Phi) is 7.94. The van der Waals surface area contributed by atoms with Crippen molar-refractivity contribution in [1.82, 2.24) is 15.0 Å². The van der Waals surface area contributed by atoms with E-state index in [9.17, 15) is 0 Å². The standard InChI is InChI=1S/C54H40N4/c1-54(2)47-27-13-12-24-43(47)44-26-15-25-42(50(44)54)39-28-30-48-45(33-39)46-34-40(29-31-49(46)58(48)41-23-14-22-38(32-41)35-16-6-3-7-17-35)53-56-51(36-18-8-4-9-19-36)55-52(57-53)37-20-10-5-11-21-37/h3-33,46H,34H2,1-2H3. The maximum atomic E-state index is 5.15. The van der Waals surface area contributed by atoms with E-state index >= 15 is 0 Å². The lowest BCUT2D eigenvalue weighted by Gasteiger charge is -2.26. The molecule has 1 atom stereocenters. The fraction of sp³-hybridized carbons (Fsp3) is 0.0926. The highest BCUT2D eigenvalue weighted by Crippen LogP contribution is 2.56. The minimum absolute atomic E-state index is 0.0921. The van der Waals surface area contributed by atoms with Crippen LogP contribution in [0.3, 0.4) is 0 Å². The van der Waals surface area contributed by atoms with E-state index in [1.54, 1.807) is 0 Å². The van der Waals surface area contributed by atoms with Crippen LogP contribution in [0.5, 0.6) is 0 Å². The van der Waals surface area contributed by atoms with Gasteiger partial charge in [0.05, 0.1) is 0 Å². The van der Waals surface area contributed by atoms with Crippen LogP contribution in [0.15, 0.2) is 194 Å². The Morgan fingerprint density at radius 2 is 1.07 bits per heavy atom. The van der Waals surface area contributed by atoms with E-state index in [1.807, 2.05) is 36.4 Å². The van der Waals surface area contributed by atoms with Gasteiger partial charge in [-0.25, -0.2) is 15.0 Å². The molecule has 276 valence electrons. The summed E-state index contributed by atoms with van der Waals surface area (Å²) in [4.78, 5) is 17.8. The van der Waals surface area contributed by atoms with Gasteiger partial charge < -0.3 is 4.90 Å². The number of hydrogen-bond acceptors (Lipinski definition) is 4. The zero-order valence-corrected chi connectivity index (χ0v) is 32.5. The van der Waals surface area contributed by atoms with Gasteiger partial charge in [-0.3, -0.25) is 0 Å². The van der Waals surface area contributed by atoms with Gasteiger partial charge >= 0.3 is 0 Å². The van der Waals surface area contributed by atoms with Gasteiger partial charge in [0.2, 0.25) is 0 Å². The van der Waals surface area contributed by atoms with E-state index in [4.69, 9.17) is 15.0 Å². The van der Waals surface area contributed by atoms with E-state index in [-0.39, 0.29) is 11.3 Å². The fourth-order valence-corrected chi connectivity index (χ4v) is 9.49. The van der Waals surface area contributed by atoms with Crippen LogP contribution >= 0.6 is 0 Å². The van der Waals surface area contributed by atoms with Crippen molar-refractivity contribution in [3.8, 4) is 56.2 Å². The molecule has 0 spiro atoms. The predicted octanol–water partition coefficient (Wildman–Crippen LogP) is 13.5. The summed E-state index contributed by atoms with van der Waals surface area (Å²) in [6.45, 7) is 4.74. The lowest BCUT2D eigenvalue weighted by Crippen LogP contribution is -2.16. The molecular weight excluding hydrogens is 705 g/mol. The minimum atomic E-state index is -0.122. The average Bonchev–Trinajstić information content (AvgIpc) is 3.74. The van der Waals surface area contributed by atoms with Gasteiger partial charge in [-0.15, -0.1) is 0 Å². The highest BCUT2D eigenvalue weighted by molar-refractivity contribution is 5.91. The van der Waals surface area contributed by atoms with Crippen molar-refractivity contribution in [3.05, 3.63) is 216 Å². The number of rotatable bonds is 6. The molecule has 0 saturated heterocycles.